The van der Waals surface area contributed by atoms with Crippen LogP contribution in [0.4, 0.5) is 0 Å². The highest BCUT2D eigenvalue weighted by atomic mass is 16.6. The molecule has 320 valence electrons. The molecule has 0 heterocycles. The lowest BCUT2D eigenvalue weighted by Crippen LogP contribution is -2.37. The zero-order valence-corrected chi connectivity index (χ0v) is 37.4. The van der Waals surface area contributed by atoms with Crippen LogP contribution in [0.5, 0.6) is 0 Å². The van der Waals surface area contributed by atoms with Gasteiger partial charge in [-0.25, -0.2) is 0 Å². The Bertz CT molecular complexity index is 802. The van der Waals surface area contributed by atoms with Gasteiger partial charge < -0.3 is 14.2 Å². The molecule has 54 heavy (non-hydrogen) atoms. The Kier molecular flexibility index (Phi) is 42.0. The van der Waals surface area contributed by atoms with Crippen molar-refractivity contribution in [1.29, 1.82) is 0 Å². The van der Waals surface area contributed by atoms with Gasteiger partial charge in [-0.05, 0) is 105 Å². The van der Waals surface area contributed by atoms with E-state index >= 15 is 0 Å². The summed E-state index contributed by atoms with van der Waals surface area (Å²) in [5.74, 6) is -0.124. The average molecular weight is 762 g/mol. The number of allylic oxidation sites excluding steroid dienone is 4. The monoisotopic (exact) mass is 762 g/mol. The summed E-state index contributed by atoms with van der Waals surface area (Å²) >= 11 is 0. The summed E-state index contributed by atoms with van der Waals surface area (Å²) in [6.45, 7) is 16.6. The molecule has 0 aromatic carbocycles. The summed E-state index contributed by atoms with van der Waals surface area (Å²) in [6.07, 6.45) is 47.2. The van der Waals surface area contributed by atoms with E-state index in [0.29, 0.717) is 31.7 Å². The van der Waals surface area contributed by atoms with E-state index in [2.05, 4.69) is 70.7 Å². The Morgan fingerprint density at radius 3 is 1.30 bits per heavy atom. The van der Waals surface area contributed by atoms with Gasteiger partial charge in [0.1, 0.15) is 12.7 Å². The molecule has 1 atom stereocenters. The molecule has 0 spiro atoms. The van der Waals surface area contributed by atoms with E-state index in [0.717, 1.165) is 32.4 Å². The fraction of sp³-hybridized carbons (Fsp3) is 0.898. The van der Waals surface area contributed by atoms with Crippen LogP contribution < -0.4 is 0 Å². The van der Waals surface area contributed by atoms with Crippen molar-refractivity contribution < 1.29 is 19.0 Å². The van der Waals surface area contributed by atoms with Crippen molar-refractivity contribution in [3.8, 4) is 0 Å². The van der Waals surface area contributed by atoms with Gasteiger partial charge in [0.2, 0.25) is 0 Å². The zero-order valence-electron chi connectivity index (χ0n) is 37.4. The molecule has 0 N–H and O–H groups in total. The van der Waals surface area contributed by atoms with E-state index in [-0.39, 0.29) is 18.7 Å². The van der Waals surface area contributed by atoms with Crippen LogP contribution in [0.2, 0.25) is 0 Å². The molecule has 0 aliphatic rings. The first-order valence-electron chi connectivity index (χ1n) is 23.8. The summed E-state index contributed by atoms with van der Waals surface area (Å²) in [7, 11) is 0. The van der Waals surface area contributed by atoms with E-state index in [9.17, 15) is 4.79 Å². The van der Waals surface area contributed by atoms with Gasteiger partial charge in [-0.3, -0.25) is 9.69 Å². The number of unbranched alkanes of at least 4 members (excludes halogenated alkanes) is 24. The molecule has 5 nitrogen and oxygen atoms in total. The minimum atomic E-state index is -0.186. The second-order valence-electron chi connectivity index (χ2n) is 16.7. The predicted octanol–water partition coefficient (Wildman–Crippen LogP) is 14.9. The van der Waals surface area contributed by atoms with Gasteiger partial charge in [-0.2, -0.15) is 0 Å². The number of ether oxygens (including phenoxy) is 3. The van der Waals surface area contributed by atoms with Gasteiger partial charge in [0.05, 0.1) is 6.61 Å². The molecule has 5 heteroatoms. The Balaban J connectivity index is 4.17. The summed E-state index contributed by atoms with van der Waals surface area (Å²) in [5, 5.41) is 0. The van der Waals surface area contributed by atoms with Crippen LogP contribution in [-0.2, 0) is 19.0 Å². The van der Waals surface area contributed by atoms with Crippen molar-refractivity contribution in [2.24, 2.45) is 0 Å². The molecule has 0 aromatic heterocycles. The number of carbonyl (C=O) groups is 1. The van der Waals surface area contributed by atoms with Gasteiger partial charge in [-0.1, -0.05) is 154 Å². The molecule has 0 saturated carbocycles. The first-order valence-corrected chi connectivity index (χ1v) is 23.8. The van der Waals surface area contributed by atoms with E-state index in [1.165, 1.54) is 167 Å². The van der Waals surface area contributed by atoms with E-state index < -0.39 is 0 Å². The van der Waals surface area contributed by atoms with Crippen LogP contribution in [0.1, 0.15) is 234 Å². The average Bonchev–Trinajstić information content (AvgIpc) is 3.15. The van der Waals surface area contributed by atoms with Crippen molar-refractivity contribution in [3.05, 3.63) is 24.3 Å². The number of hydrogen-bond donors (Lipinski definition) is 0. The van der Waals surface area contributed by atoms with Crippen molar-refractivity contribution in [2.75, 3.05) is 33.0 Å². The molecule has 0 amide bonds. The molecule has 0 fully saturated rings. The van der Waals surface area contributed by atoms with E-state index in [4.69, 9.17) is 14.2 Å². The lowest BCUT2D eigenvalue weighted by atomic mass is 10.1. The third kappa shape index (κ3) is 39.1. The van der Waals surface area contributed by atoms with Gasteiger partial charge in [0.25, 0.3) is 0 Å². The van der Waals surface area contributed by atoms with E-state index in [1.54, 1.807) is 0 Å². The summed E-state index contributed by atoms with van der Waals surface area (Å²) in [4.78, 5) is 15.0. The van der Waals surface area contributed by atoms with Crippen LogP contribution in [-0.4, -0.2) is 62.0 Å². The largest absolute Gasteiger partial charge is 0.463 e. The summed E-state index contributed by atoms with van der Waals surface area (Å²) in [5.41, 5.74) is 0. The normalized spacial score (nSPS) is 12.8. The fourth-order valence-corrected chi connectivity index (χ4v) is 7.19. The summed E-state index contributed by atoms with van der Waals surface area (Å²) < 4.78 is 18.0. The number of nitrogens with zero attached hydrogens (tertiary/aromatic N) is 1. The topological polar surface area (TPSA) is 48.0 Å². The highest BCUT2D eigenvalue weighted by Crippen LogP contribution is 2.13. The van der Waals surface area contributed by atoms with Crippen LogP contribution in [0.3, 0.4) is 0 Å². The molecule has 0 saturated heterocycles. The van der Waals surface area contributed by atoms with Crippen LogP contribution in [0.25, 0.3) is 0 Å². The maximum absolute atomic E-state index is 12.6. The van der Waals surface area contributed by atoms with Crippen LogP contribution in [0, 0.1) is 0 Å². The highest BCUT2D eigenvalue weighted by molar-refractivity contribution is 5.69. The SMILES string of the molecule is CCCCCCCCC=CCCCCCCCCOCC(COC(=O)CCCN(C(C)C)C(C)C)OCCCCCCCCC=CCCCCCCCC. The Hall–Kier alpha value is -1.17. The number of carbonyl (C=O) groups excluding carboxylic acids is 1. The third-order valence-electron chi connectivity index (χ3n) is 10.7. The standard InChI is InChI=1S/C49H95NO4/c1-7-9-11-13-15-17-19-21-23-25-27-29-31-33-35-37-42-52-44-48(45-54-49(51)40-39-41-50(46(3)4)47(5)6)53-43-38-36-34-32-30-28-26-24-22-20-18-16-14-12-10-8-2/h21-24,46-48H,7-20,25-45H2,1-6H3. The quantitative estimate of drug-likeness (QED) is 0.0352. The lowest BCUT2D eigenvalue weighted by molar-refractivity contribution is -0.150. The predicted molar refractivity (Wildman–Crippen MR) is 237 cm³/mol. The maximum atomic E-state index is 12.6. The minimum absolute atomic E-state index is 0.124. The number of esters is 1. The summed E-state index contributed by atoms with van der Waals surface area (Å²) in [6, 6.07) is 0.953. The van der Waals surface area contributed by atoms with Gasteiger partial charge in [-0.15, -0.1) is 0 Å². The van der Waals surface area contributed by atoms with Crippen LogP contribution in [0.15, 0.2) is 24.3 Å². The zero-order chi connectivity index (χ0) is 39.6. The van der Waals surface area contributed by atoms with Crippen molar-refractivity contribution >= 4 is 5.97 Å². The third-order valence-corrected chi connectivity index (χ3v) is 10.7. The molecule has 1 unspecified atom stereocenters. The number of hydrogen-bond acceptors (Lipinski definition) is 5. The molecule has 0 rings (SSSR count). The number of rotatable bonds is 43. The molecule has 0 aliphatic carbocycles. The van der Waals surface area contributed by atoms with E-state index in [1.807, 2.05) is 0 Å². The molecule has 0 bridgehead atoms. The van der Waals surface area contributed by atoms with Gasteiger partial charge in [0, 0.05) is 31.7 Å². The van der Waals surface area contributed by atoms with Crippen molar-refractivity contribution in [3.63, 3.8) is 0 Å². The Morgan fingerprint density at radius 2 is 0.870 bits per heavy atom. The van der Waals surface area contributed by atoms with Crippen LogP contribution >= 0.6 is 0 Å². The van der Waals surface area contributed by atoms with Crippen molar-refractivity contribution in [2.45, 2.75) is 252 Å². The molecule has 0 aromatic rings. The molecular weight excluding hydrogens is 667 g/mol. The Morgan fingerprint density at radius 1 is 0.481 bits per heavy atom. The fourth-order valence-electron chi connectivity index (χ4n) is 7.19. The molecule has 0 radical (unpaired) electrons. The second kappa shape index (κ2) is 43.0. The minimum Gasteiger partial charge on any atom is -0.463 e. The molecule has 0 aliphatic heterocycles. The highest BCUT2D eigenvalue weighted by Gasteiger charge is 2.16. The van der Waals surface area contributed by atoms with Gasteiger partial charge in [0.15, 0.2) is 0 Å². The Labute approximate surface area is 338 Å². The maximum Gasteiger partial charge on any atom is 0.305 e. The molecular formula is C49H95NO4. The first kappa shape index (κ1) is 52.8. The van der Waals surface area contributed by atoms with Gasteiger partial charge >= 0.3 is 5.97 Å². The lowest BCUT2D eigenvalue weighted by Gasteiger charge is -2.30. The smallest absolute Gasteiger partial charge is 0.305 e. The first-order chi connectivity index (χ1) is 26.4. The second-order valence-corrected chi connectivity index (χ2v) is 16.7. The van der Waals surface area contributed by atoms with Crippen molar-refractivity contribution in [1.82, 2.24) is 4.90 Å².